The summed E-state index contributed by atoms with van der Waals surface area (Å²) in [4.78, 5) is 26.9. The van der Waals surface area contributed by atoms with Crippen LogP contribution in [0.5, 0.6) is 0 Å². The monoisotopic (exact) mass is 444 g/mol. The van der Waals surface area contributed by atoms with Crippen molar-refractivity contribution in [3.8, 4) is 5.69 Å². The molecule has 168 valence electrons. The van der Waals surface area contributed by atoms with E-state index in [0.717, 1.165) is 37.6 Å². The number of amides is 3. The molecule has 0 aliphatic carbocycles. The summed E-state index contributed by atoms with van der Waals surface area (Å²) in [6.45, 7) is 11.3. The number of urea groups is 1. The van der Waals surface area contributed by atoms with Gasteiger partial charge in [0.25, 0.3) is 0 Å². The summed E-state index contributed by atoms with van der Waals surface area (Å²) in [5.74, 6) is 0.425. The highest BCUT2D eigenvalue weighted by atomic mass is 32.2. The lowest BCUT2D eigenvalue weighted by Gasteiger charge is -2.28. The van der Waals surface area contributed by atoms with Crippen LogP contribution in [-0.2, 0) is 4.79 Å². The van der Waals surface area contributed by atoms with Gasteiger partial charge in [-0.05, 0) is 66.0 Å². The maximum absolute atomic E-state index is 12.6. The van der Waals surface area contributed by atoms with E-state index < -0.39 is 16.8 Å². The molecule has 1 saturated heterocycles. The predicted molar refractivity (Wildman–Crippen MR) is 124 cm³/mol. The standard InChI is InChI=1S/C22H32N6O2S/c1-15-9-11-17(12-10-15)28-20(27-13-7-6-8-14-27)25-26-21(28)31-16(2)18(29)23-19(30)24-22(3,4)5/h9-12,16H,6-8,13-14H2,1-5H3,(H2,23,24,29,30). The average molecular weight is 445 g/mol. The molecule has 0 bridgehead atoms. The number of carbonyl (C=O) groups excluding carboxylic acids is 2. The zero-order valence-electron chi connectivity index (χ0n) is 18.9. The van der Waals surface area contributed by atoms with Crippen LogP contribution in [0, 0.1) is 6.92 Å². The normalized spacial score (nSPS) is 15.5. The summed E-state index contributed by atoms with van der Waals surface area (Å²) in [6, 6.07) is 7.68. The molecule has 1 aromatic heterocycles. The maximum atomic E-state index is 12.6. The summed E-state index contributed by atoms with van der Waals surface area (Å²) in [5.41, 5.74) is 1.70. The number of piperidine rings is 1. The first-order valence-corrected chi connectivity index (χ1v) is 11.6. The van der Waals surface area contributed by atoms with Crippen molar-refractivity contribution in [2.24, 2.45) is 0 Å². The van der Waals surface area contributed by atoms with E-state index in [1.54, 1.807) is 6.92 Å². The number of hydrogen-bond donors (Lipinski definition) is 2. The van der Waals surface area contributed by atoms with Crippen molar-refractivity contribution in [2.45, 2.75) is 69.8 Å². The van der Waals surface area contributed by atoms with Gasteiger partial charge in [-0.2, -0.15) is 0 Å². The number of nitrogens with one attached hydrogen (secondary N) is 2. The lowest BCUT2D eigenvalue weighted by atomic mass is 10.1. The minimum absolute atomic E-state index is 0.371. The molecule has 2 heterocycles. The van der Waals surface area contributed by atoms with Crippen LogP contribution in [-0.4, -0.2) is 50.6 Å². The first kappa shape index (κ1) is 23.1. The second kappa shape index (κ2) is 9.72. The van der Waals surface area contributed by atoms with E-state index in [1.807, 2.05) is 44.4 Å². The minimum atomic E-state index is -0.520. The van der Waals surface area contributed by atoms with Gasteiger partial charge in [-0.1, -0.05) is 29.5 Å². The Morgan fingerprint density at radius 1 is 1.06 bits per heavy atom. The van der Waals surface area contributed by atoms with Crippen molar-refractivity contribution < 1.29 is 9.59 Å². The van der Waals surface area contributed by atoms with E-state index in [2.05, 4.69) is 37.9 Å². The van der Waals surface area contributed by atoms with Gasteiger partial charge < -0.3 is 10.2 Å². The van der Waals surface area contributed by atoms with Crippen molar-refractivity contribution in [3.63, 3.8) is 0 Å². The fourth-order valence-corrected chi connectivity index (χ4v) is 4.22. The number of hydrogen-bond acceptors (Lipinski definition) is 6. The van der Waals surface area contributed by atoms with Crippen molar-refractivity contribution in [1.82, 2.24) is 25.4 Å². The van der Waals surface area contributed by atoms with Crippen molar-refractivity contribution >= 4 is 29.6 Å². The molecule has 3 amide bonds. The summed E-state index contributed by atoms with van der Waals surface area (Å²) in [5, 5.41) is 14.1. The van der Waals surface area contributed by atoms with E-state index >= 15 is 0 Å². The van der Waals surface area contributed by atoms with Crippen molar-refractivity contribution in [2.75, 3.05) is 18.0 Å². The highest BCUT2D eigenvalue weighted by Gasteiger charge is 2.26. The third-order valence-corrected chi connectivity index (χ3v) is 5.97. The fraction of sp³-hybridized carbons (Fsp3) is 0.545. The molecule has 2 N–H and O–H groups in total. The highest BCUT2D eigenvalue weighted by molar-refractivity contribution is 8.00. The number of aromatic nitrogens is 3. The number of rotatable bonds is 5. The molecule has 31 heavy (non-hydrogen) atoms. The summed E-state index contributed by atoms with van der Waals surface area (Å²) in [6.07, 6.45) is 3.49. The maximum Gasteiger partial charge on any atom is 0.321 e. The molecule has 9 heteroatoms. The van der Waals surface area contributed by atoms with Crippen LogP contribution in [0.4, 0.5) is 10.7 Å². The quantitative estimate of drug-likeness (QED) is 0.684. The van der Waals surface area contributed by atoms with Crippen LogP contribution in [0.3, 0.4) is 0 Å². The molecular formula is C22H32N6O2S. The van der Waals surface area contributed by atoms with Crippen LogP contribution >= 0.6 is 11.8 Å². The molecule has 1 atom stereocenters. The molecule has 1 unspecified atom stereocenters. The second-order valence-corrected chi connectivity index (χ2v) is 10.3. The largest absolute Gasteiger partial charge is 0.341 e. The number of thioether (sulfide) groups is 1. The molecule has 1 fully saturated rings. The average Bonchev–Trinajstić information content (AvgIpc) is 3.11. The Morgan fingerprint density at radius 2 is 1.71 bits per heavy atom. The van der Waals surface area contributed by atoms with E-state index in [4.69, 9.17) is 0 Å². The van der Waals surface area contributed by atoms with Gasteiger partial charge in [0.2, 0.25) is 11.9 Å². The van der Waals surface area contributed by atoms with Crippen LogP contribution < -0.4 is 15.5 Å². The SMILES string of the molecule is Cc1ccc(-n2c(SC(C)C(=O)NC(=O)NC(C)(C)C)nnc2N2CCCCC2)cc1. The Hall–Kier alpha value is -2.55. The van der Waals surface area contributed by atoms with E-state index in [9.17, 15) is 9.59 Å². The third-order valence-electron chi connectivity index (χ3n) is 4.92. The molecule has 1 aliphatic rings. The number of nitrogens with zero attached hydrogens (tertiary/aromatic N) is 4. The molecule has 0 spiro atoms. The Kier molecular flexibility index (Phi) is 7.25. The summed E-state index contributed by atoms with van der Waals surface area (Å²) >= 11 is 1.29. The highest BCUT2D eigenvalue weighted by Crippen LogP contribution is 2.30. The number of carbonyl (C=O) groups is 2. The molecule has 0 saturated carbocycles. The topological polar surface area (TPSA) is 92.2 Å². The van der Waals surface area contributed by atoms with Gasteiger partial charge >= 0.3 is 6.03 Å². The van der Waals surface area contributed by atoms with Gasteiger partial charge in [0.15, 0.2) is 5.16 Å². The molecule has 8 nitrogen and oxygen atoms in total. The van der Waals surface area contributed by atoms with Crippen molar-refractivity contribution in [1.29, 1.82) is 0 Å². The zero-order valence-corrected chi connectivity index (χ0v) is 19.8. The lowest BCUT2D eigenvalue weighted by Crippen LogP contribution is -2.49. The lowest BCUT2D eigenvalue weighted by molar-refractivity contribution is -0.119. The van der Waals surface area contributed by atoms with Gasteiger partial charge in [-0.3, -0.25) is 14.7 Å². The van der Waals surface area contributed by atoms with Gasteiger partial charge in [-0.15, -0.1) is 10.2 Å². The van der Waals surface area contributed by atoms with Crippen LogP contribution in [0.2, 0.25) is 0 Å². The first-order valence-electron chi connectivity index (χ1n) is 10.7. The summed E-state index contributed by atoms with van der Waals surface area (Å²) < 4.78 is 2.01. The van der Waals surface area contributed by atoms with Gasteiger partial charge in [0.05, 0.1) is 10.9 Å². The molecular weight excluding hydrogens is 412 g/mol. The molecule has 3 rings (SSSR count). The zero-order chi connectivity index (χ0) is 22.6. The molecule has 0 radical (unpaired) electrons. The Balaban J connectivity index is 1.81. The van der Waals surface area contributed by atoms with E-state index in [1.165, 1.54) is 23.7 Å². The first-order chi connectivity index (χ1) is 14.6. The fourth-order valence-electron chi connectivity index (χ4n) is 3.35. The smallest absolute Gasteiger partial charge is 0.321 e. The van der Waals surface area contributed by atoms with Crippen LogP contribution in [0.25, 0.3) is 5.69 Å². The third kappa shape index (κ3) is 6.22. The van der Waals surface area contributed by atoms with Crippen LogP contribution in [0.15, 0.2) is 29.4 Å². The van der Waals surface area contributed by atoms with Crippen molar-refractivity contribution in [3.05, 3.63) is 29.8 Å². The number of imide groups is 1. The van der Waals surface area contributed by atoms with Crippen LogP contribution in [0.1, 0.15) is 52.5 Å². The number of benzene rings is 1. The Morgan fingerprint density at radius 3 is 2.32 bits per heavy atom. The molecule has 2 aromatic rings. The van der Waals surface area contributed by atoms with Gasteiger partial charge in [-0.25, -0.2) is 4.79 Å². The molecule has 1 aromatic carbocycles. The second-order valence-electron chi connectivity index (χ2n) is 8.95. The Bertz CT molecular complexity index is 913. The Labute approximate surface area is 188 Å². The molecule has 1 aliphatic heterocycles. The van der Waals surface area contributed by atoms with Gasteiger partial charge in [0, 0.05) is 18.6 Å². The van der Waals surface area contributed by atoms with Gasteiger partial charge in [0.1, 0.15) is 0 Å². The minimum Gasteiger partial charge on any atom is -0.341 e. The number of anilines is 1. The number of aryl methyl sites for hydroxylation is 1. The summed E-state index contributed by atoms with van der Waals surface area (Å²) in [7, 11) is 0. The van der Waals surface area contributed by atoms with E-state index in [0.29, 0.717) is 5.16 Å². The predicted octanol–water partition coefficient (Wildman–Crippen LogP) is 3.67. The van der Waals surface area contributed by atoms with E-state index in [-0.39, 0.29) is 5.91 Å².